The van der Waals surface area contributed by atoms with Crippen LogP contribution in [0.2, 0.25) is 0 Å². The summed E-state index contributed by atoms with van der Waals surface area (Å²) in [6.07, 6.45) is 51.0. The fourth-order valence-corrected chi connectivity index (χ4v) is 34.3. The first kappa shape index (κ1) is 88.7. The van der Waals surface area contributed by atoms with Crippen molar-refractivity contribution in [2.75, 3.05) is 19.6 Å². The topological polar surface area (TPSA) is 242 Å². The van der Waals surface area contributed by atoms with E-state index in [0.717, 1.165) is 157 Å². The van der Waals surface area contributed by atoms with Crippen LogP contribution in [-0.2, 0) is 50.4 Å². The van der Waals surface area contributed by atoms with Crippen molar-refractivity contribution in [1.82, 2.24) is 39.1 Å². The predicted molar refractivity (Wildman–Crippen MR) is 463 cm³/mol. The van der Waals surface area contributed by atoms with E-state index >= 15 is 4.39 Å². The molecule has 0 saturated heterocycles. The van der Waals surface area contributed by atoms with Gasteiger partial charge < -0.3 is 20.4 Å². The van der Waals surface area contributed by atoms with Gasteiger partial charge in [-0.15, -0.1) is 0 Å². The van der Waals surface area contributed by atoms with Gasteiger partial charge >= 0.3 is 0 Å². The number of ketones is 3. The number of hydrogen-bond donors (Lipinski definition) is 4. The highest BCUT2D eigenvalue weighted by atomic mass is 32.2. The molecule has 0 unspecified atom stereocenters. The zero-order valence-corrected chi connectivity index (χ0v) is 75.3. The molecule has 4 N–H and O–H groups in total. The maximum absolute atomic E-state index is 15.3. The number of allylic oxidation sites excluding steroid dienone is 1. The Labute approximate surface area is 725 Å². The normalized spacial score (nSPS) is 45.6. The van der Waals surface area contributed by atoms with E-state index in [-0.39, 0.29) is 62.6 Å². The molecule has 33 atom stereocenters. The van der Waals surface area contributed by atoms with Gasteiger partial charge in [0.25, 0.3) is 0 Å². The van der Waals surface area contributed by atoms with E-state index in [0.29, 0.717) is 152 Å². The van der Waals surface area contributed by atoms with Gasteiger partial charge in [0.1, 0.15) is 24.4 Å². The fourth-order valence-electron chi connectivity index (χ4n) is 33.7. The molecular weight excluding hydrogens is 1560 g/mol. The molecule has 18 nitrogen and oxygen atoms in total. The Bertz CT molecular complexity index is 4550. The molecule has 4 heterocycles. The molecule has 16 aliphatic carbocycles. The molecule has 0 aliphatic heterocycles. The lowest BCUT2D eigenvalue weighted by Crippen LogP contribution is -2.54. The summed E-state index contributed by atoms with van der Waals surface area (Å²) in [5.74, 6) is 14.0. The Hall–Kier alpha value is -5.34. The molecular formula is C100H146F3N9O9S. The number of halogens is 3. The second kappa shape index (κ2) is 34.3. The average Bonchev–Trinajstić information content (AvgIpc) is 1.54. The number of carbonyl (C=O) groups excluding carboxylic acids is 3. The summed E-state index contributed by atoms with van der Waals surface area (Å²) >= 11 is 0. The molecule has 20 rings (SSSR count). The maximum Gasteiger partial charge on any atom is 0.224 e. The lowest BCUT2D eigenvalue weighted by molar-refractivity contribution is -0.139. The minimum atomic E-state index is -3.25. The molecule has 4 aromatic heterocycles. The first-order valence-electron chi connectivity index (χ1n) is 48.6. The van der Waals surface area contributed by atoms with Gasteiger partial charge in [-0.3, -0.25) is 33.1 Å². The van der Waals surface area contributed by atoms with Crippen LogP contribution >= 0.6 is 0 Å². The van der Waals surface area contributed by atoms with Gasteiger partial charge in [-0.25, -0.2) is 26.4 Å². The van der Waals surface area contributed by atoms with Crippen LogP contribution in [0.15, 0.2) is 78.8 Å². The summed E-state index contributed by atoms with van der Waals surface area (Å²) in [4.78, 5) is 43.2. The van der Waals surface area contributed by atoms with Gasteiger partial charge in [-0.1, -0.05) is 46.8 Å². The predicted octanol–water partition coefficient (Wildman–Crippen LogP) is 19.1. The van der Waals surface area contributed by atoms with Crippen molar-refractivity contribution in [3.63, 3.8) is 0 Å². The third kappa shape index (κ3) is 16.6. The fraction of sp³-hybridized carbons (Fsp3) is 0.820. The van der Waals surface area contributed by atoms with Crippen molar-refractivity contribution < 1.29 is 56.4 Å². The molecule has 4 aromatic rings. The van der Waals surface area contributed by atoms with E-state index in [9.17, 15) is 52.0 Å². The smallest absolute Gasteiger partial charge is 0.224 e. The summed E-state index contributed by atoms with van der Waals surface area (Å²) in [6, 6.07) is 3.76. The zero-order valence-electron chi connectivity index (χ0n) is 74.5. The summed E-state index contributed by atoms with van der Waals surface area (Å²) in [7, 11) is -3.25. The van der Waals surface area contributed by atoms with Crippen molar-refractivity contribution >= 4 is 32.9 Å². The molecule has 0 aromatic carbocycles. The minimum absolute atomic E-state index is 0.0120. The number of sulfone groups is 1. The molecule has 0 bridgehead atoms. The van der Waals surface area contributed by atoms with Crippen LogP contribution < -0.4 is 0 Å². The first-order chi connectivity index (χ1) is 58.1. The number of fused-ring (bicyclic) bond motifs is 20. The number of Topliss-reactive ketones (excluding diaryl/α,β-unsaturated/α-hetero) is 3. The van der Waals surface area contributed by atoms with E-state index < -0.39 is 51.8 Å². The van der Waals surface area contributed by atoms with Gasteiger partial charge in [0, 0.05) is 61.2 Å². The zero-order chi connectivity index (χ0) is 86.0. The Balaban J connectivity index is 0.000000116. The summed E-state index contributed by atoms with van der Waals surface area (Å²) in [5.41, 5.74) is -1.09. The summed E-state index contributed by atoms with van der Waals surface area (Å²) in [5, 5.41) is 59.4. The Morgan fingerprint density at radius 3 is 1.24 bits per heavy atom. The second-order valence-corrected chi connectivity index (χ2v) is 47.4. The van der Waals surface area contributed by atoms with Crippen LogP contribution in [0.5, 0.6) is 0 Å². The van der Waals surface area contributed by atoms with Gasteiger partial charge in [0.05, 0.1) is 67.5 Å². The van der Waals surface area contributed by atoms with Crippen LogP contribution in [0.4, 0.5) is 18.9 Å². The minimum Gasteiger partial charge on any atom is -0.390 e. The highest BCUT2D eigenvalue weighted by Gasteiger charge is 2.65. The number of aliphatic hydroxyl groups is 4. The van der Waals surface area contributed by atoms with Crippen molar-refractivity contribution in [1.29, 1.82) is 0 Å². The average molecular weight is 1710 g/mol. The van der Waals surface area contributed by atoms with Crippen molar-refractivity contribution in [3.8, 4) is 0 Å². The van der Waals surface area contributed by atoms with Crippen molar-refractivity contribution in [2.24, 2.45) is 164 Å². The number of nitrogens with zero attached hydrogens (tertiary/aromatic N) is 9. The number of hydrogen-bond acceptors (Lipinski definition) is 13. The van der Waals surface area contributed by atoms with Crippen LogP contribution in [-0.4, -0.2) is 133 Å². The molecule has 0 spiro atoms. The summed E-state index contributed by atoms with van der Waals surface area (Å²) in [6.45, 7) is 25.6. The quantitative estimate of drug-likeness (QED) is 0.0603. The number of carbonyl (C=O) groups is 3. The molecule has 22 heteroatoms. The third-order valence-corrected chi connectivity index (χ3v) is 40.7. The lowest BCUT2D eigenvalue weighted by Gasteiger charge is -2.57. The highest BCUT2D eigenvalue weighted by molar-refractivity contribution is 7.90. The Kier molecular flexibility index (Phi) is 24.9. The molecule has 672 valence electrons. The molecule has 122 heavy (non-hydrogen) atoms. The van der Waals surface area contributed by atoms with Crippen LogP contribution in [0, 0.1) is 170 Å². The van der Waals surface area contributed by atoms with Gasteiger partial charge in [-0.05, 0) is 396 Å². The standard InChI is InChI=1S/C26H39FN2O3S.C25H34FN3O2.C25H38N2O2.C24H35FN2O2/c1-17(14-29-15-19(13-28-29)33(3,31)32)23-6-7-24-22-5-4-18-12-26(30,16-27)11-9-20(18)21(22)8-10-25(23,24)2;1-24-9-7-19-18-8-10-25(31,15-26)11-16(18)3-4-20(19)21(24)5-6-22(24)23(30)14-29-13-17(27-2)12-28-29;1-3-25(29)12-10-18-17(15-25)5-6-20-19(18)9-11-24(2)21(20)7-8-22(24)23(28)16-27-14-4-13-26-27;1-23(29)8-6-16-15-7-9-24(2)19(17(15)12-21(25)18(16)13-23)4-5-20(24)22(28)14-27-11-3-10-26-27/h13,15,18,20-24,30H,1,4-12,14,16H2,2-3H3;12-13,16,18-22,31H,3-11,14-15H2,1H3;4,13-14,17-22,29H,3,5-12,15-16H2,1-2H3;3,10-11,15-21,29H,4-9,12-14H2,1-2H3/t18-,20+,21-,22-,23-,24+,25-,26-;16-,18+,19-,20-,21+,22-,24+,25-;17-,18+,19-,20-,21+,22-,24+,25-;15-,16-,17-,18-,19+,20-,21-,23-,24+/m1111/s1. The van der Waals surface area contributed by atoms with Crippen molar-refractivity contribution in [2.45, 2.75) is 332 Å². The van der Waals surface area contributed by atoms with Crippen LogP contribution in [0.3, 0.4) is 0 Å². The first-order valence-corrected chi connectivity index (χ1v) is 50.5. The molecule has 0 amide bonds. The Morgan fingerprint density at radius 1 is 0.451 bits per heavy atom. The van der Waals surface area contributed by atoms with E-state index in [1.54, 1.807) is 43.5 Å². The van der Waals surface area contributed by atoms with Crippen molar-refractivity contribution in [3.05, 3.63) is 85.3 Å². The van der Waals surface area contributed by atoms with Gasteiger partial charge in [0.15, 0.2) is 27.2 Å². The lowest BCUT2D eigenvalue weighted by atomic mass is 9.48. The van der Waals surface area contributed by atoms with Crippen LogP contribution in [0.25, 0.3) is 4.85 Å². The van der Waals surface area contributed by atoms with Gasteiger partial charge in [0.2, 0.25) is 5.69 Å². The number of alkyl halides is 3. The molecule has 16 aliphatic rings. The summed E-state index contributed by atoms with van der Waals surface area (Å²) < 4.78 is 72.6. The second-order valence-electron chi connectivity index (χ2n) is 45.4. The third-order valence-electron chi connectivity index (χ3n) is 39.6. The molecule has 16 fully saturated rings. The van der Waals surface area contributed by atoms with E-state index in [4.69, 9.17) is 6.57 Å². The Morgan fingerprint density at radius 2 is 0.828 bits per heavy atom. The van der Waals surface area contributed by atoms with Crippen LogP contribution in [0.1, 0.15) is 273 Å². The largest absolute Gasteiger partial charge is 0.390 e. The SMILES string of the molecule is C=C(Cn1cc(S(C)(=O)=O)cn1)[C@H]1CC[C@H]2[C@@H]3CC[C@@H]4C[C@@](O)(CF)CC[C@@H]4[C@H]3CC[C@]12C.CC[C@@]1(O)CC[C@H]2[C@H](CC[C@@H]3[C@@H]2CC[C@]2(C)[C@@H](C(=O)Cn4cccn4)CC[C@@H]32)C1.C[C@@]1(O)CC[C@@H]2[C@H]3CC[C@]4(C)[C@@H](C(=O)Cn5cccn5)CC[C@H]4[C@@H]3C[C@@H](F)[C@@H]2C1.[C-]#[N+]c1cnn(CC(=O)[C@H]2CC[C@H]3[C@@H]4CC[C@@H]5C[C@@](O)(CF)CC[C@@H]5[C@H]4CC[C@]23C)c1. The van der Waals surface area contributed by atoms with E-state index in [1.807, 2.05) is 31.5 Å². The monoisotopic (exact) mass is 1710 g/mol. The number of rotatable bonds is 16. The van der Waals surface area contributed by atoms with E-state index in [1.165, 1.54) is 101 Å². The molecule has 16 saturated carbocycles. The van der Waals surface area contributed by atoms with E-state index in [2.05, 4.69) is 66.4 Å². The molecule has 0 radical (unpaired) electrons. The number of aromatic nitrogens is 8. The van der Waals surface area contributed by atoms with Gasteiger partial charge in [-0.2, -0.15) is 20.4 Å². The maximum atomic E-state index is 15.3. The highest BCUT2D eigenvalue weighted by Crippen LogP contribution is 2.71.